The molecule has 2 aromatic rings. The van der Waals surface area contributed by atoms with Gasteiger partial charge in [-0.05, 0) is 48.3 Å². The number of nitrogens with zero attached hydrogens (tertiary/aromatic N) is 1. The van der Waals surface area contributed by atoms with Crippen molar-refractivity contribution in [2.75, 3.05) is 29.2 Å². The van der Waals surface area contributed by atoms with Crippen molar-refractivity contribution < 1.29 is 19.2 Å². The molecule has 32 heavy (non-hydrogen) atoms. The molecule has 0 aliphatic carbocycles. The third-order valence-corrected chi connectivity index (χ3v) is 6.19. The molecule has 9 heteroatoms. The molecule has 4 rings (SSSR count). The first-order valence-corrected chi connectivity index (χ1v) is 11.8. The van der Waals surface area contributed by atoms with Crippen LogP contribution in [0, 0.1) is 0 Å². The predicted octanol–water partition coefficient (Wildman–Crippen LogP) is 2.47. The van der Waals surface area contributed by atoms with Gasteiger partial charge in [0.15, 0.2) is 0 Å². The van der Waals surface area contributed by atoms with Gasteiger partial charge in [-0.3, -0.25) is 19.2 Å². The molecule has 166 valence electrons. The second-order valence-electron chi connectivity index (χ2n) is 7.74. The molecule has 8 nitrogen and oxygen atoms in total. The lowest BCUT2D eigenvalue weighted by Crippen LogP contribution is -2.41. The zero-order chi connectivity index (χ0) is 22.7. The number of thioether (sulfide) groups is 1. The first-order valence-electron chi connectivity index (χ1n) is 10.4. The van der Waals surface area contributed by atoms with Crippen LogP contribution < -0.4 is 16.0 Å². The molecule has 0 spiro atoms. The number of anilines is 2. The monoisotopic (exact) mass is 452 g/mol. The summed E-state index contributed by atoms with van der Waals surface area (Å²) in [5, 5.41) is 8.31. The van der Waals surface area contributed by atoms with Crippen molar-refractivity contribution in [2.45, 2.75) is 25.4 Å². The highest BCUT2D eigenvalue weighted by molar-refractivity contribution is 7.98. The molecule has 0 radical (unpaired) electrons. The fraction of sp³-hybridized carbons (Fsp3) is 0.304. The van der Waals surface area contributed by atoms with E-state index >= 15 is 0 Å². The van der Waals surface area contributed by atoms with Gasteiger partial charge in [0.05, 0.1) is 11.3 Å². The molecule has 4 amide bonds. The number of benzene rings is 2. The van der Waals surface area contributed by atoms with Crippen LogP contribution in [0.2, 0.25) is 0 Å². The number of hydrogen-bond donors (Lipinski definition) is 3. The second kappa shape index (κ2) is 9.44. The quantitative estimate of drug-likeness (QED) is 0.598. The Balaban J connectivity index is 1.37. The Morgan fingerprint density at radius 3 is 2.75 bits per heavy atom. The Kier molecular flexibility index (Phi) is 6.45. The van der Waals surface area contributed by atoms with Crippen LogP contribution in [0.15, 0.2) is 42.5 Å². The van der Waals surface area contributed by atoms with Crippen molar-refractivity contribution in [1.82, 2.24) is 10.2 Å². The van der Waals surface area contributed by atoms with E-state index in [-0.39, 0.29) is 30.0 Å². The van der Waals surface area contributed by atoms with Crippen LogP contribution in [-0.4, -0.2) is 53.1 Å². The highest BCUT2D eigenvalue weighted by Crippen LogP contribution is 2.25. The molecule has 0 unspecified atom stereocenters. The average molecular weight is 453 g/mol. The number of carbonyl (C=O) groups excluding carboxylic acids is 4. The van der Waals surface area contributed by atoms with E-state index in [1.807, 2.05) is 24.5 Å². The molecular formula is C23H24N4O4S. The van der Waals surface area contributed by atoms with Crippen LogP contribution >= 0.6 is 11.8 Å². The minimum absolute atomic E-state index is 0.0677. The Hall–Kier alpha value is -3.33. The van der Waals surface area contributed by atoms with Gasteiger partial charge in [-0.1, -0.05) is 18.2 Å². The van der Waals surface area contributed by atoms with Gasteiger partial charge in [-0.15, -0.1) is 0 Å². The van der Waals surface area contributed by atoms with Crippen LogP contribution in [0.5, 0.6) is 0 Å². The van der Waals surface area contributed by atoms with Crippen LogP contribution in [0.1, 0.15) is 39.1 Å². The van der Waals surface area contributed by atoms with E-state index in [9.17, 15) is 19.2 Å². The Labute approximate surface area is 190 Å². The third kappa shape index (κ3) is 4.62. The summed E-state index contributed by atoms with van der Waals surface area (Å²) in [4.78, 5) is 51.6. The number of fused-ring (bicyclic) bond motifs is 2. The normalized spacial score (nSPS) is 17.2. The van der Waals surface area contributed by atoms with Crippen molar-refractivity contribution >= 4 is 46.8 Å². The summed E-state index contributed by atoms with van der Waals surface area (Å²) in [7, 11) is 0. The minimum Gasteiger partial charge on any atom is -0.340 e. The summed E-state index contributed by atoms with van der Waals surface area (Å²) in [6, 6.07) is 11.6. The second-order valence-corrected chi connectivity index (χ2v) is 8.72. The summed E-state index contributed by atoms with van der Waals surface area (Å²) in [5.74, 6) is -0.188. The molecule has 3 N–H and O–H groups in total. The molecular weight excluding hydrogens is 428 g/mol. The maximum atomic E-state index is 12.6. The first kappa shape index (κ1) is 21.9. The predicted molar refractivity (Wildman–Crippen MR) is 124 cm³/mol. The van der Waals surface area contributed by atoms with E-state index in [1.54, 1.807) is 40.9 Å². The summed E-state index contributed by atoms with van der Waals surface area (Å²) in [6.45, 7) is 0.802. The lowest BCUT2D eigenvalue weighted by molar-refractivity contribution is -0.118. The SMILES string of the molecule is CSCC[C@@H]1NC(=O)c2cc(NC(=O)CCN3Cc4ccccc4C3=O)ccc2NC1=O. The van der Waals surface area contributed by atoms with Crippen molar-refractivity contribution in [3.8, 4) is 0 Å². The van der Waals surface area contributed by atoms with E-state index in [0.29, 0.717) is 42.0 Å². The Morgan fingerprint density at radius 1 is 1.16 bits per heavy atom. The maximum Gasteiger partial charge on any atom is 0.254 e. The smallest absolute Gasteiger partial charge is 0.254 e. The number of rotatable bonds is 7. The standard InChI is InChI=1S/C23H24N4O4S/c1-32-11-9-19-22(30)25-18-7-6-15(12-17(18)21(29)26-19)24-20(28)8-10-27-13-14-4-2-3-5-16(14)23(27)31/h2-7,12,19H,8-11,13H2,1H3,(H,24,28)(H,25,30)(H,26,29)/t19-/m0/s1. The van der Waals surface area contributed by atoms with Gasteiger partial charge in [0.25, 0.3) is 11.8 Å². The molecule has 2 aromatic carbocycles. The summed E-state index contributed by atoms with van der Waals surface area (Å²) in [5.41, 5.74) is 2.82. The molecule has 0 saturated carbocycles. The molecule has 2 heterocycles. The number of carbonyl (C=O) groups is 4. The van der Waals surface area contributed by atoms with E-state index in [4.69, 9.17) is 0 Å². The van der Waals surface area contributed by atoms with Crippen LogP contribution in [0.3, 0.4) is 0 Å². The fourth-order valence-electron chi connectivity index (χ4n) is 3.83. The van der Waals surface area contributed by atoms with Gasteiger partial charge in [0, 0.05) is 30.8 Å². The van der Waals surface area contributed by atoms with Gasteiger partial charge in [-0.25, -0.2) is 0 Å². The van der Waals surface area contributed by atoms with Gasteiger partial charge in [0.2, 0.25) is 11.8 Å². The van der Waals surface area contributed by atoms with E-state index in [2.05, 4.69) is 16.0 Å². The number of hydrogen-bond acceptors (Lipinski definition) is 5. The molecule has 1 atom stereocenters. The molecule has 0 fully saturated rings. The highest BCUT2D eigenvalue weighted by atomic mass is 32.2. The lowest BCUT2D eigenvalue weighted by Gasteiger charge is -2.15. The highest BCUT2D eigenvalue weighted by Gasteiger charge is 2.28. The summed E-state index contributed by atoms with van der Waals surface area (Å²) in [6.07, 6.45) is 2.62. The topological polar surface area (TPSA) is 108 Å². The molecule has 0 saturated heterocycles. The Morgan fingerprint density at radius 2 is 1.97 bits per heavy atom. The summed E-state index contributed by atoms with van der Waals surface area (Å²) >= 11 is 1.61. The van der Waals surface area contributed by atoms with Crippen LogP contribution in [0.4, 0.5) is 11.4 Å². The molecule has 2 aliphatic rings. The van der Waals surface area contributed by atoms with Crippen LogP contribution in [0.25, 0.3) is 0 Å². The zero-order valence-corrected chi connectivity index (χ0v) is 18.5. The van der Waals surface area contributed by atoms with Crippen molar-refractivity contribution in [3.05, 3.63) is 59.2 Å². The van der Waals surface area contributed by atoms with Crippen LogP contribution in [-0.2, 0) is 16.1 Å². The molecule has 0 bridgehead atoms. The Bertz CT molecular complexity index is 1090. The fourth-order valence-corrected chi connectivity index (χ4v) is 4.31. The number of amides is 4. The summed E-state index contributed by atoms with van der Waals surface area (Å²) < 4.78 is 0. The van der Waals surface area contributed by atoms with Gasteiger partial charge >= 0.3 is 0 Å². The van der Waals surface area contributed by atoms with E-state index in [1.165, 1.54) is 0 Å². The minimum atomic E-state index is -0.595. The van der Waals surface area contributed by atoms with Gasteiger partial charge in [-0.2, -0.15) is 11.8 Å². The molecule has 2 aliphatic heterocycles. The largest absolute Gasteiger partial charge is 0.340 e. The van der Waals surface area contributed by atoms with E-state index in [0.717, 1.165) is 11.3 Å². The van der Waals surface area contributed by atoms with E-state index < -0.39 is 6.04 Å². The maximum absolute atomic E-state index is 12.6. The van der Waals surface area contributed by atoms with Crippen molar-refractivity contribution in [3.63, 3.8) is 0 Å². The first-order chi connectivity index (χ1) is 15.5. The third-order valence-electron chi connectivity index (χ3n) is 5.54. The van der Waals surface area contributed by atoms with Gasteiger partial charge in [0.1, 0.15) is 6.04 Å². The molecule has 0 aromatic heterocycles. The van der Waals surface area contributed by atoms with Gasteiger partial charge < -0.3 is 20.9 Å². The number of nitrogens with one attached hydrogen (secondary N) is 3. The average Bonchev–Trinajstić information content (AvgIpc) is 3.05. The zero-order valence-electron chi connectivity index (χ0n) is 17.6. The lowest BCUT2D eigenvalue weighted by atomic mass is 10.1. The van der Waals surface area contributed by atoms with Crippen molar-refractivity contribution in [2.24, 2.45) is 0 Å². The van der Waals surface area contributed by atoms with Crippen molar-refractivity contribution in [1.29, 1.82) is 0 Å².